The number of carbonyl (C=O) groups excluding carboxylic acids is 2. The minimum atomic E-state index is 0.0167. The standard InChI is InChI=1S/C29H46O3/c1-6-19(2)8-7-9-23(27(31)32-5)25-13-12-24-22-11-10-20-18-21(30)14-16-28(20,3)26(22)15-17-29(24,25)4/h8,20,22-26H,6-7,9-18H2,1-5H3/b19-8+/t20-,22-,23+,24-,25+,26-,28-,29-/m0/s1. The first-order valence-electron chi connectivity index (χ1n) is 13.5. The molecule has 0 spiro atoms. The summed E-state index contributed by atoms with van der Waals surface area (Å²) < 4.78 is 5.35. The van der Waals surface area contributed by atoms with Crippen LogP contribution >= 0.6 is 0 Å². The molecule has 4 aliphatic carbocycles. The van der Waals surface area contributed by atoms with Crippen LogP contribution in [0.3, 0.4) is 0 Å². The van der Waals surface area contributed by atoms with Gasteiger partial charge < -0.3 is 4.74 Å². The largest absolute Gasteiger partial charge is 0.469 e. The van der Waals surface area contributed by atoms with E-state index >= 15 is 0 Å². The summed E-state index contributed by atoms with van der Waals surface area (Å²) in [5, 5.41) is 0. The van der Waals surface area contributed by atoms with Gasteiger partial charge in [-0.1, -0.05) is 32.4 Å². The van der Waals surface area contributed by atoms with Crippen LogP contribution in [-0.4, -0.2) is 18.9 Å². The van der Waals surface area contributed by atoms with Gasteiger partial charge in [0.25, 0.3) is 0 Å². The molecule has 0 aliphatic heterocycles. The van der Waals surface area contributed by atoms with Gasteiger partial charge in [-0.05, 0) is 112 Å². The summed E-state index contributed by atoms with van der Waals surface area (Å²) in [5.74, 6) is 3.92. The van der Waals surface area contributed by atoms with Crippen molar-refractivity contribution >= 4 is 11.8 Å². The smallest absolute Gasteiger partial charge is 0.308 e. The second-order valence-electron chi connectivity index (χ2n) is 12.2. The molecule has 3 nitrogen and oxygen atoms in total. The number of hydrogen-bond acceptors (Lipinski definition) is 3. The molecule has 0 N–H and O–H groups in total. The lowest BCUT2D eigenvalue weighted by Gasteiger charge is -2.60. The van der Waals surface area contributed by atoms with Crippen molar-refractivity contribution in [2.24, 2.45) is 46.3 Å². The highest BCUT2D eigenvalue weighted by Gasteiger charge is 2.61. The van der Waals surface area contributed by atoms with Crippen LogP contribution in [-0.2, 0) is 14.3 Å². The van der Waals surface area contributed by atoms with E-state index in [-0.39, 0.29) is 17.3 Å². The fourth-order valence-corrected chi connectivity index (χ4v) is 9.04. The fraction of sp³-hybridized carbons (Fsp3) is 0.862. The topological polar surface area (TPSA) is 43.4 Å². The van der Waals surface area contributed by atoms with E-state index in [0.29, 0.717) is 23.0 Å². The minimum absolute atomic E-state index is 0.0167. The number of rotatable bonds is 6. The Balaban J connectivity index is 1.53. The van der Waals surface area contributed by atoms with E-state index in [1.807, 2.05) is 0 Å². The molecular formula is C29H46O3. The van der Waals surface area contributed by atoms with Gasteiger partial charge in [0.05, 0.1) is 13.0 Å². The molecule has 4 rings (SSSR count). The van der Waals surface area contributed by atoms with Gasteiger partial charge in [-0.15, -0.1) is 0 Å². The summed E-state index contributed by atoms with van der Waals surface area (Å²) in [5.41, 5.74) is 2.04. The van der Waals surface area contributed by atoms with E-state index in [1.54, 1.807) is 7.11 Å². The van der Waals surface area contributed by atoms with Crippen molar-refractivity contribution in [1.82, 2.24) is 0 Å². The summed E-state index contributed by atoms with van der Waals surface area (Å²) in [6.07, 6.45) is 15.6. The average molecular weight is 443 g/mol. The Morgan fingerprint density at radius 3 is 2.56 bits per heavy atom. The molecule has 3 heteroatoms. The van der Waals surface area contributed by atoms with Crippen molar-refractivity contribution in [3.8, 4) is 0 Å². The van der Waals surface area contributed by atoms with Crippen LogP contribution in [0.5, 0.6) is 0 Å². The Bertz CT molecular complexity index is 754. The molecule has 32 heavy (non-hydrogen) atoms. The van der Waals surface area contributed by atoms with E-state index in [4.69, 9.17) is 4.74 Å². The molecule has 4 fully saturated rings. The number of hydrogen-bond donors (Lipinski definition) is 0. The third-order valence-corrected chi connectivity index (χ3v) is 11.1. The van der Waals surface area contributed by atoms with Gasteiger partial charge in [-0.3, -0.25) is 9.59 Å². The number of ether oxygens (including phenoxy) is 1. The lowest BCUT2D eigenvalue weighted by atomic mass is 9.44. The molecule has 180 valence electrons. The van der Waals surface area contributed by atoms with Gasteiger partial charge >= 0.3 is 5.97 Å². The molecule has 4 aliphatic rings. The van der Waals surface area contributed by atoms with Gasteiger partial charge in [-0.2, -0.15) is 0 Å². The molecule has 0 radical (unpaired) electrons. The predicted octanol–water partition coefficient (Wildman–Crippen LogP) is 7.14. The lowest BCUT2D eigenvalue weighted by Crippen LogP contribution is -2.54. The highest BCUT2D eigenvalue weighted by atomic mass is 16.5. The third-order valence-electron chi connectivity index (χ3n) is 11.1. The number of fused-ring (bicyclic) bond motifs is 5. The van der Waals surface area contributed by atoms with Crippen molar-refractivity contribution in [2.45, 2.75) is 105 Å². The monoisotopic (exact) mass is 442 g/mol. The first-order chi connectivity index (χ1) is 15.2. The van der Waals surface area contributed by atoms with Crippen LogP contribution < -0.4 is 0 Å². The molecule has 0 bridgehead atoms. The maximum atomic E-state index is 12.9. The Morgan fingerprint density at radius 1 is 1.09 bits per heavy atom. The van der Waals surface area contributed by atoms with E-state index < -0.39 is 0 Å². The van der Waals surface area contributed by atoms with Crippen molar-refractivity contribution in [3.05, 3.63) is 11.6 Å². The number of methoxy groups -OCH3 is 1. The second kappa shape index (κ2) is 9.26. The normalized spacial score (nSPS) is 42.6. The summed E-state index contributed by atoms with van der Waals surface area (Å²) in [6.45, 7) is 9.43. The van der Waals surface area contributed by atoms with Crippen LogP contribution in [0, 0.1) is 46.3 Å². The Labute approximate surface area is 196 Å². The summed E-state index contributed by atoms with van der Waals surface area (Å²) in [7, 11) is 1.57. The molecule has 0 aromatic rings. The van der Waals surface area contributed by atoms with Crippen LogP contribution in [0.15, 0.2) is 11.6 Å². The summed E-state index contributed by atoms with van der Waals surface area (Å²) in [4.78, 5) is 25.1. The molecule has 0 unspecified atom stereocenters. The van der Waals surface area contributed by atoms with Crippen molar-refractivity contribution in [3.63, 3.8) is 0 Å². The molecule has 0 aromatic heterocycles. The van der Waals surface area contributed by atoms with Crippen molar-refractivity contribution < 1.29 is 14.3 Å². The second-order valence-corrected chi connectivity index (χ2v) is 12.2. The average Bonchev–Trinajstić information content (AvgIpc) is 3.13. The number of allylic oxidation sites excluding steroid dienone is 2. The zero-order valence-corrected chi connectivity index (χ0v) is 21.3. The van der Waals surface area contributed by atoms with Crippen molar-refractivity contribution in [2.75, 3.05) is 7.11 Å². The SMILES string of the molecule is CC/C(C)=C/CC[C@@H](C(=O)OC)[C@H]1CC[C@H]2[C@@H]3CC[C@H]4CC(=O)CC[C@]4(C)[C@H]3CC[C@]12C. The molecule has 8 atom stereocenters. The molecule has 0 amide bonds. The lowest BCUT2D eigenvalue weighted by molar-refractivity contribution is -0.154. The Kier molecular flexibility index (Phi) is 6.95. The summed E-state index contributed by atoms with van der Waals surface area (Å²) in [6, 6.07) is 0. The zero-order chi connectivity index (χ0) is 23.1. The quantitative estimate of drug-likeness (QED) is 0.324. The van der Waals surface area contributed by atoms with Gasteiger partial charge in [-0.25, -0.2) is 0 Å². The molecule has 0 heterocycles. The summed E-state index contributed by atoms with van der Waals surface area (Å²) >= 11 is 0. The predicted molar refractivity (Wildman–Crippen MR) is 129 cm³/mol. The minimum Gasteiger partial charge on any atom is -0.469 e. The Morgan fingerprint density at radius 2 is 1.84 bits per heavy atom. The maximum absolute atomic E-state index is 12.9. The first-order valence-corrected chi connectivity index (χ1v) is 13.5. The molecular weight excluding hydrogens is 396 g/mol. The Hall–Kier alpha value is -1.12. The highest BCUT2D eigenvalue weighted by Crippen LogP contribution is 2.68. The first kappa shape index (κ1) is 24.0. The number of carbonyl (C=O) groups is 2. The van der Waals surface area contributed by atoms with Gasteiger partial charge in [0.15, 0.2) is 0 Å². The molecule has 0 aromatic carbocycles. The van der Waals surface area contributed by atoms with E-state index in [9.17, 15) is 9.59 Å². The van der Waals surface area contributed by atoms with Crippen LogP contribution in [0.4, 0.5) is 0 Å². The van der Waals surface area contributed by atoms with E-state index in [1.165, 1.54) is 44.1 Å². The van der Waals surface area contributed by atoms with Crippen LogP contribution in [0.2, 0.25) is 0 Å². The number of Topliss-reactive ketones (excluding diaryl/α,β-unsaturated/α-hetero) is 1. The number of ketones is 1. The third kappa shape index (κ3) is 4.00. The number of esters is 1. The van der Waals surface area contributed by atoms with Crippen LogP contribution in [0.1, 0.15) is 105 Å². The van der Waals surface area contributed by atoms with E-state index in [0.717, 1.165) is 56.3 Å². The fourth-order valence-electron chi connectivity index (χ4n) is 9.04. The highest BCUT2D eigenvalue weighted by molar-refractivity contribution is 5.79. The molecule has 4 saturated carbocycles. The molecule has 0 saturated heterocycles. The van der Waals surface area contributed by atoms with Crippen LogP contribution in [0.25, 0.3) is 0 Å². The van der Waals surface area contributed by atoms with Gasteiger partial charge in [0.2, 0.25) is 0 Å². The van der Waals surface area contributed by atoms with Crippen molar-refractivity contribution in [1.29, 1.82) is 0 Å². The van der Waals surface area contributed by atoms with E-state index in [2.05, 4.69) is 33.8 Å². The van der Waals surface area contributed by atoms with Gasteiger partial charge in [0, 0.05) is 12.8 Å². The van der Waals surface area contributed by atoms with Gasteiger partial charge in [0.1, 0.15) is 5.78 Å². The maximum Gasteiger partial charge on any atom is 0.308 e. The zero-order valence-electron chi connectivity index (χ0n) is 21.3.